The van der Waals surface area contributed by atoms with Gasteiger partial charge in [0.25, 0.3) is 11.5 Å². The zero-order valence-corrected chi connectivity index (χ0v) is 17.1. The van der Waals surface area contributed by atoms with Crippen molar-refractivity contribution in [3.8, 4) is 0 Å². The number of pyridine rings is 1. The average Bonchev–Trinajstić information content (AvgIpc) is 3.18. The van der Waals surface area contributed by atoms with Crippen molar-refractivity contribution in [1.29, 1.82) is 0 Å². The molecule has 160 valence electrons. The van der Waals surface area contributed by atoms with Crippen molar-refractivity contribution in [2.45, 2.75) is 25.4 Å². The maximum Gasteiger partial charge on any atom is 0.291 e. The lowest BCUT2D eigenvalue weighted by atomic mass is 10.1. The topological polar surface area (TPSA) is 102 Å². The number of hydrogen-bond acceptors (Lipinski definition) is 5. The van der Waals surface area contributed by atoms with E-state index in [0.29, 0.717) is 24.1 Å². The molecule has 1 atom stereocenters. The third-order valence-corrected chi connectivity index (χ3v) is 5.31. The molecular weight excluding hydrogens is 403 g/mol. The molecule has 3 aromatic rings. The molecule has 1 aliphatic rings. The van der Waals surface area contributed by atoms with Crippen molar-refractivity contribution in [3.63, 3.8) is 0 Å². The third kappa shape index (κ3) is 4.09. The molecule has 0 aliphatic carbocycles. The van der Waals surface area contributed by atoms with Crippen molar-refractivity contribution >= 4 is 17.5 Å². The molecule has 1 aliphatic heterocycles. The Labute approximate surface area is 177 Å². The van der Waals surface area contributed by atoms with Gasteiger partial charge in [-0.25, -0.2) is 14.1 Å². The predicted octanol–water partition coefficient (Wildman–Crippen LogP) is 0.872. The molecule has 1 N–H and O–H groups in total. The van der Waals surface area contributed by atoms with Gasteiger partial charge in [0, 0.05) is 31.9 Å². The second-order valence-corrected chi connectivity index (χ2v) is 7.45. The number of hydrogen-bond donors (Lipinski definition) is 1. The molecule has 0 bridgehead atoms. The van der Waals surface area contributed by atoms with Crippen LogP contribution in [0.4, 0.5) is 10.1 Å². The second-order valence-electron chi connectivity index (χ2n) is 7.45. The van der Waals surface area contributed by atoms with E-state index in [9.17, 15) is 18.8 Å². The number of likely N-dealkylation sites (N-methyl/N-ethyl adjacent to an activating group) is 1. The smallest absolute Gasteiger partial charge is 0.291 e. The molecule has 0 saturated carbocycles. The second kappa shape index (κ2) is 8.13. The van der Waals surface area contributed by atoms with Crippen LogP contribution < -0.4 is 15.8 Å². The first-order valence-corrected chi connectivity index (χ1v) is 9.74. The van der Waals surface area contributed by atoms with E-state index in [2.05, 4.69) is 15.4 Å². The van der Waals surface area contributed by atoms with Gasteiger partial charge in [-0.3, -0.25) is 14.4 Å². The van der Waals surface area contributed by atoms with Gasteiger partial charge in [0.05, 0.1) is 12.2 Å². The first-order valence-electron chi connectivity index (χ1n) is 9.74. The molecule has 1 aromatic carbocycles. The number of nitrogens with zero attached hydrogens (tertiary/aromatic N) is 5. The van der Waals surface area contributed by atoms with Crippen molar-refractivity contribution in [1.82, 2.24) is 24.6 Å². The van der Waals surface area contributed by atoms with Crippen LogP contribution in [0.15, 0.2) is 47.7 Å². The van der Waals surface area contributed by atoms with Gasteiger partial charge < -0.3 is 14.8 Å². The van der Waals surface area contributed by atoms with Gasteiger partial charge in [-0.05, 0) is 24.5 Å². The lowest BCUT2D eigenvalue weighted by Crippen LogP contribution is -2.47. The number of nitrogens with one attached hydrogen (secondary N) is 1. The Kier molecular flexibility index (Phi) is 5.37. The van der Waals surface area contributed by atoms with Crippen LogP contribution in [0.2, 0.25) is 0 Å². The molecule has 2 aromatic heterocycles. The fourth-order valence-electron chi connectivity index (χ4n) is 3.59. The minimum atomic E-state index is -0.788. The highest BCUT2D eigenvalue weighted by Crippen LogP contribution is 2.24. The van der Waals surface area contributed by atoms with Crippen LogP contribution in [-0.4, -0.2) is 44.2 Å². The zero-order chi connectivity index (χ0) is 22.1. The van der Waals surface area contributed by atoms with Crippen LogP contribution in [0.5, 0.6) is 0 Å². The maximum atomic E-state index is 13.8. The van der Waals surface area contributed by atoms with Crippen LogP contribution in [0.3, 0.4) is 0 Å². The Morgan fingerprint density at radius 3 is 2.81 bits per heavy atom. The Bertz CT molecular complexity index is 1220. The number of benzene rings is 1. The average molecular weight is 424 g/mol. The highest BCUT2D eigenvalue weighted by Gasteiger charge is 2.30. The molecule has 0 fully saturated rings. The van der Waals surface area contributed by atoms with Gasteiger partial charge in [0.15, 0.2) is 0 Å². The molecule has 10 heteroatoms. The third-order valence-electron chi connectivity index (χ3n) is 5.31. The summed E-state index contributed by atoms with van der Waals surface area (Å²) >= 11 is 0. The summed E-state index contributed by atoms with van der Waals surface area (Å²) in [5, 5.41) is 6.78. The summed E-state index contributed by atoms with van der Waals surface area (Å²) in [5.41, 5.74) is 1.59. The van der Waals surface area contributed by atoms with Gasteiger partial charge in [-0.2, -0.15) is 0 Å². The van der Waals surface area contributed by atoms with Crippen LogP contribution >= 0.6 is 0 Å². The highest BCUT2D eigenvalue weighted by molar-refractivity contribution is 6.01. The van der Waals surface area contributed by atoms with E-state index in [0.717, 1.165) is 5.56 Å². The Balaban J connectivity index is 1.48. The van der Waals surface area contributed by atoms with Gasteiger partial charge in [-0.15, -0.1) is 5.10 Å². The molecule has 0 unspecified atom stereocenters. The van der Waals surface area contributed by atoms with Crippen molar-refractivity contribution in [2.24, 2.45) is 7.05 Å². The summed E-state index contributed by atoms with van der Waals surface area (Å²) in [6.07, 6.45) is 3.93. The first kappa shape index (κ1) is 20.5. The molecule has 9 nitrogen and oxygen atoms in total. The number of rotatable bonds is 4. The van der Waals surface area contributed by atoms with Gasteiger partial charge in [0.1, 0.15) is 18.2 Å². The molecule has 31 heavy (non-hydrogen) atoms. The fraction of sp³-hybridized carbons (Fsp3) is 0.286. The summed E-state index contributed by atoms with van der Waals surface area (Å²) in [5.74, 6) is -1.40. The number of aryl methyl sites for hydroxylation is 2. The quantitative estimate of drug-likeness (QED) is 0.670. The van der Waals surface area contributed by atoms with Crippen molar-refractivity contribution in [2.75, 3.05) is 11.9 Å². The minimum Gasteiger partial charge on any atom is -0.337 e. The van der Waals surface area contributed by atoms with Crippen molar-refractivity contribution < 1.29 is 14.0 Å². The van der Waals surface area contributed by atoms with E-state index in [-0.39, 0.29) is 29.7 Å². The van der Waals surface area contributed by atoms with Crippen LogP contribution in [-0.2, 0) is 24.8 Å². The normalized spacial score (nSPS) is 16.0. The standard InChI is InChI=1S/C21H21FN6O3/c1-26-10-14-7-8-16(21(31)27(2)17(14)9-18(26)29)24-20(30)19-23-12-28(25-19)11-13-5-3-4-6-15(13)22/h3-6,9-10,12,16H,7-8,11H2,1-2H3,(H,24,30)/t16-/m0/s1. The summed E-state index contributed by atoms with van der Waals surface area (Å²) in [4.78, 5) is 42.9. The largest absolute Gasteiger partial charge is 0.337 e. The molecule has 0 spiro atoms. The number of carbonyl (C=O) groups is 2. The summed E-state index contributed by atoms with van der Waals surface area (Å²) in [6.45, 7) is 0.127. The molecule has 4 rings (SSSR count). The minimum absolute atomic E-state index is 0.109. The van der Waals surface area contributed by atoms with Crippen molar-refractivity contribution in [3.05, 3.63) is 76.0 Å². The lowest BCUT2D eigenvalue weighted by Gasteiger charge is -2.21. The van der Waals surface area contributed by atoms with E-state index in [1.807, 2.05) is 0 Å². The predicted molar refractivity (Wildman–Crippen MR) is 110 cm³/mol. The van der Waals surface area contributed by atoms with Gasteiger partial charge in [-0.1, -0.05) is 18.2 Å². The zero-order valence-electron chi connectivity index (χ0n) is 17.1. The number of halogens is 1. The monoisotopic (exact) mass is 424 g/mol. The fourth-order valence-corrected chi connectivity index (χ4v) is 3.59. The summed E-state index contributed by atoms with van der Waals surface area (Å²) < 4.78 is 16.6. The number of aromatic nitrogens is 4. The van der Waals surface area contributed by atoms with Gasteiger partial charge in [0.2, 0.25) is 11.7 Å². The Morgan fingerprint density at radius 1 is 1.26 bits per heavy atom. The number of amides is 2. The Hall–Kier alpha value is -3.82. The maximum absolute atomic E-state index is 13.8. The molecular formula is C21H21FN6O3. The van der Waals surface area contributed by atoms with Crippen LogP contribution in [0.25, 0.3) is 0 Å². The molecule has 0 saturated heterocycles. The van der Waals surface area contributed by atoms with Crippen LogP contribution in [0, 0.1) is 5.82 Å². The van der Waals surface area contributed by atoms with E-state index in [4.69, 9.17) is 0 Å². The molecule has 2 amide bonds. The highest BCUT2D eigenvalue weighted by atomic mass is 19.1. The summed E-state index contributed by atoms with van der Waals surface area (Å²) in [7, 11) is 3.23. The number of anilines is 1. The molecule has 3 heterocycles. The lowest BCUT2D eigenvalue weighted by molar-refractivity contribution is -0.120. The number of fused-ring (bicyclic) bond motifs is 1. The van der Waals surface area contributed by atoms with Crippen LogP contribution in [0.1, 0.15) is 28.2 Å². The molecule has 0 radical (unpaired) electrons. The van der Waals surface area contributed by atoms with E-state index < -0.39 is 11.9 Å². The summed E-state index contributed by atoms with van der Waals surface area (Å²) in [6, 6.07) is 6.91. The van der Waals surface area contributed by atoms with E-state index >= 15 is 0 Å². The number of carbonyl (C=O) groups excluding carboxylic acids is 2. The SMILES string of the molecule is CN1C(=O)[C@@H](NC(=O)c2ncn(Cc3ccccc3F)n2)CCc2cn(C)c(=O)cc21. The van der Waals surface area contributed by atoms with E-state index in [1.165, 1.54) is 32.6 Å². The van der Waals surface area contributed by atoms with E-state index in [1.54, 1.807) is 38.5 Å². The van der Waals surface area contributed by atoms with Gasteiger partial charge >= 0.3 is 0 Å². The Morgan fingerprint density at radius 2 is 2.03 bits per heavy atom. The first-order chi connectivity index (χ1) is 14.8.